The average molecular weight is 267 g/mol. The van der Waals surface area contributed by atoms with Gasteiger partial charge in [-0.05, 0) is 24.6 Å². The Labute approximate surface area is 118 Å². The Morgan fingerprint density at radius 1 is 1.25 bits per heavy atom. The number of carbonyl (C=O) groups excluding carboxylic acids is 1. The molecule has 0 N–H and O–H groups in total. The lowest BCUT2D eigenvalue weighted by Gasteiger charge is -2.03. The molecular weight excluding hydrogens is 250 g/mol. The summed E-state index contributed by atoms with van der Waals surface area (Å²) in [6.45, 7) is 2.03. The van der Waals surface area contributed by atoms with E-state index in [0.717, 1.165) is 12.1 Å². The Hall–Kier alpha value is -2.49. The van der Waals surface area contributed by atoms with Gasteiger partial charge in [0, 0.05) is 12.6 Å². The van der Waals surface area contributed by atoms with Crippen LogP contribution in [0.2, 0.25) is 0 Å². The second-order valence-electron chi connectivity index (χ2n) is 4.25. The Kier molecular flexibility index (Phi) is 5.00. The van der Waals surface area contributed by atoms with E-state index in [1.807, 2.05) is 49.4 Å². The predicted molar refractivity (Wildman–Crippen MR) is 78.2 cm³/mol. The number of rotatable bonds is 4. The summed E-state index contributed by atoms with van der Waals surface area (Å²) in [6, 6.07) is 11.6. The van der Waals surface area contributed by atoms with E-state index in [0.29, 0.717) is 11.8 Å². The minimum Gasteiger partial charge on any atom is -0.272 e. The van der Waals surface area contributed by atoms with Gasteiger partial charge in [-0.15, -0.1) is 0 Å². The summed E-state index contributed by atoms with van der Waals surface area (Å²) in [5.74, 6) is -0.158. The fraction of sp³-hybridized carbons (Fsp3) is 0.188. The maximum Gasteiger partial charge on any atom is 0.250 e. The predicted octanol–water partition coefficient (Wildman–Crippen LogP) is 2.66. The molecule has 102 valence electrons. The van der Waals surface area contributed by atoms with Crippen molar-refractivity contribution < 1.29 is 4.79 Å². The highest BCUT2D eigenvalue weighted by molar-refractivity contribution is 5.78. The van der Waals surface area contributed by atoms with Crippen molar-refractivity contribution in [1.29, 1.82) is 0 Å². The highest BCUT2D eigenvalue weighted by Crippen LogP contribution is 2.02. The number of amides is 1. The number of allylic oxidation sites excluding steroid dienone is 1. The summed E-state index contributed by atoms with van der Waals surface area (Å²) >= 11 is 0. The van der Waals surface area contributed by atoms with E-state index < -0.39 is 0 Å². The number of hydrogen-bond donors (Lipinski definition) is 0. The van der Waals surface area contributed by atoms with E-state index in [1.54, 1.807) is 23.1 Å². The van der Waals surface area contributed by atoms with Gasteiger partial charge in [0.2, 0.25) is 5.91 Å². The summed E-state index contributed by atoms with van der Waals surface area (Å²) in [4.78, 5) is 15.6. The molecule has 2 rings (SSSR count). The van der Waals surface area contributed by atoms with Crippen LogP contribution >= 0.6 is 0 Å². The fourth-order valence-electron chi connectivity index (χ4n) is 1.69. The molecule has 0 radical (unpaired) electrons. The first kappa shape index (κ1) is 13.9. The van der Waals surface area contributed by atoms with Gasteiger partial charge in [-0.1, -0.05) is 37.3 Å². The zero-order valence-electron chi connectivity index (χ0n) is 11.4. The van der Waals surface area contributed by atoms with E-state index in [-0.39, 0.29) is 5.91 Å². The van der Waals surface area contributed by atoms with Gasteiger partial charge in [0.05, 0.1) is 17.2 Å². The van der Waals surface area contributed by atoms with Crippen molar-refractivity contribution in [1.82, 2.24) is 9.78 Å². The van der Waals surface area contributed by atoms with Gasteiger partial charge in [-0.3, -0.25) is 4.79 Å². The number of hydrogen-bond acceptors (Lipinski definition) is 2. The molecule has 4 nitrogen and oxygen atoms in total. The molecule has 1 heterocycles. The molecule has 4 heteroatoms. The SMILES string of the molecule is CCC=CCC(=O)N=c1ccn(-c2ccccc2)nc1. The van der Waals surface area contributed by atoms with Crippen molar-refractivity contribution in [3.63, 3.8) is 0 Å². The van der Waals surface area contributed by atoms with Crippen molar-refractivity contribution in [2.45, 2.75) is 19.8 Å². The second-order valence-corrected chi connectivity index (χ2v) is 4.25. The molecule has 0 unspecified atom stereocenters. The van der Waals surface area contributed by atoms with E-state index >= 15 is 0 Å². The first-order valence-electron chi connectivity index (χ1n) is 6.62. The standard InChI is InChI=1S/C16H17N3O/c1-2-3-5-10-16(20)18-14-11-12-19(17-13-14)15-8-6-4-7-9-15/h3-9,11-13H,2,10H2,1H3. The molecule has 0 bridgehead atoms. The van der Waals surface area contributed by atoms with Crippen LogP contribution in [0.5, 0.6) is 0 Å². The lowest BCUT2D eigenvalue weighted by atomic mass is 10.3. The largest absolute Gasteiger partial charge is 0.272 e. The van der Waals surface area contributed by atoms with Crippen LogP contribution in [0.15, 0.2) is 65.9 Å². The van der Waals surface area contributed by atoms with Gasteiger partial charge in [0.25, 0.3) is 0 Å². The van der Waals surface area contributed by atoms with Gasteiger partial charge in [-0.2, -0.15) is 5.10 Å². The van der Waals surface area contributed by atoms with Gasteiger partial charge in [0.15, 0.2) is 0 Å². The van der Waals surface area contributed by atoms with Gasteiger partial charge in [0.1, 0.15) is 0 Å². The summed E-state index contributed by atoms with van der Waals surface area (Å²) < 4.78 is 1.74. The second kappa shape index (κ2) is 7.19. The number of aromatic nitrogens is 2. The van der Waals surface area contributed by atoms with E-state index in [1.165, 1.54) is 0 Å². The van der Waals surface area contributed by atoms with Gasteiger partial charge < -0.3 is 0 Å². The van der Waals surface area contributed by atoms with Crippen LogP contribution in [0, 0.1) is 0 Å². The molecule has 2 aromatic rings. The smallest absolute Gasteiger partial charge is 0.250 e. The molecule has 0 saturated carbocycles. The summed E-state index contributed by atoms with van der Waals surface area (Å²) in [5, 5.41) is 4.83. The minimum absolute atomic E-state index is 0.158. The first-order valence-corrected chi connectivity index (χ1v) is 6.62. The topological polar surface area (TPSA) is 47.2 Å². The van der Waals surface area contributed by atoms with Crippen molar-refractivity contribution in [3.05, 3.63) is 66.3 Å². The third kappa shape index (κ3) is 4.02. The zero-order valence-corrected chi connectivity index (χ0v) is 11.4. The number of carbonyl (C=O) groups is 1. The van der Waals surface area contributed by atoms with Crippen LogP contribution in [-0.2, 0) is 4.79 Å². The highest BCUT2D eigenvalue weighted by Gasteiger charge is 1.96. The molecule has 0 aliphatic heterocycles. The first-order chi connectivity index (χ1) is 9.79. The van der Waals surface area contributed by atoms with Crippen LogP contribution in [0.3, 0.4) is 0 Å². The summed E-state index contributed by atoms with van der Waals surface area (Å²) in [6.07, 6.45) is 8.45. The van der Waals surface area contributed by atoms with E-state index in [2.05, 4.69) is 10.1 Å². The van der Waals surface area contributed by atoms with Crippen LogP contribution in [0.25, 0.3) is 5.69 Å². The molecule has 0 aliphatic rings. The molecule has 1 amide bonds. The van der Waals surface area contributed by atoms with Crippen LogP contribution in [0.4, 0.5) is 0 Å². The van der Waals surface area contributed by atoms with Crippen molar-refractivity contribution in [2.24, 2.45) is 4.99 Å². The Morgan fingerprint density at radius 3 is 2.70 bits per heavy atom. The van der Waals surface area contributed by atoms with Gasteiger partial charge in [-0.25, -0.2) is 9.67 Å². The van der Waals surface area contributed by atoms with Crippen LogP contribution in [0.1, 0.15) is 19.8 Å². The maximum atomic E-state index is 11.6. The molecule has 0 aliphatic carbocycles. The van der Waals surface area contributed by atoms with Crippen molar-refractivity contribution in [2.75, 3.05) is 0 Å². The van der Waals surface area contributed by atoms with E-state index in [4.69, 9.17) is 0 Å². The number of nitrogens with zero attached hydrogens (tertiary/aromatic N) is 3. The third-order valence-corrected chi connectivity index (χ3v) is 2.67. The van der Waals surface area contributed by atoms with Crippen LogP contribution in [-0.4, -0.2) is 15.7 Å². The van der Waals surface area contributed by atoms with E-state index in [9.17, 15) is 4.79 Å². The maximum absolute atomic E-state index is 11.6. The minimum atomic E-state index is -0.158. The zero-order chi connectivity index (χ0) is 14.2. The quantitative estimate of drug-likeness (QED) is 0.799. The van der Waals surface area contributed by atoms with Crippen molar-refractivity contribution >= 4 is 5.91 Å². The lowest BCUT2D eigenvalue weighted by Crippen LogP contribution is -2.10. The van der Waals surface area contributed by atoms with Gasteiger partial charge >= 0.3 is 0 Å². The number of para-hydroxylation sites is 1. The summed E-state index contributed by atoms with van der Waals surface area (Å²) in [5.41, 5.74) is 0.969. The third-order valence-electron chi connectivity index (χ3n) is 2.67. The monoisotopic (exact) mass is 267 g/mol. The molecular formula is C16H17N3O. The molecule has 1 aromatic heterocycles. The Bertz CT molecular complexity index is 636. The van der Waals surface area contributed by atoms with Crippen LogP contribution < -0.4 is 5.36 Å². The average Bonchev–Trinajstić information content (AvgIpc) is 2.49. The molecule has 20 heavy (non-hydrogen) atoms. The highest BCUT2D eigenvalue weighted by atomic mass is 16.1. The number of benzene rings is 1. The molecule has 0 atom stereocenters. The molecule has 1 aromatic carbocycles. The molecule has 0 fully saturated rings. The Morgan fingerprint density at radius 2 is 2.05 bits per heavy atom. The lowest BCUT2D eigenvalue weighted by molar-refractivity contribution is -0.117. The molecule has 0 spiro atoms. The Balaban J connectivity index is 2.12. The van der Waals surface area contributed by atoms with Crippen molar-refractivity contribution in [3.8, 4) is 5.69 Å². The molecule has 0 saturated heterocycles. The fourth-order valence-corrected chi connectivity index (χ4v) is 1.69. The normalized spacial score (nSPS) is 11.9. The summed E-state index contributed by atoms with van der Waals surface area (Å²) in [7, 11) is 0.